The first-order valence-electron chi connectivity index (χ1n) is 8.99. The van der Waals surface area contributed by atoms with Crippen molar-refractivity contribution in [2.45, 2.75) is 0 Å². The number of para-hydroxylation sites is 1. The van der Waals surface area contributed by atoms with E-state index < -0.39 is 15.9 Å². The van der Waals surface area contributed by atoms with Crippen LogP contribution in [-0.2, 0) is 10.0 Å². The molecule has 0 bridgehead atoms. The highest BCUT2D eigenvalue weighted by Crippen LogP contribution is 2.16. The van der Waals surface area contributed by atoms with Gasteiger partial charge in [0.25, 0.3) is 15.2 Å². The number of carbonyl (C=O) groups is 1. The van der Waals surface area contributed by atoms with Crippen molar-refractivity contribution in [1.82, 2.24) is 4.90 Å². The molecule has 2 aromatic rings. The SMILES string of the molecule is C=CCN1CC(COc2ccccc2)=NN=C1S(=O)(=O)Nc1ccc(C(N)=O)cc1. The zero-order valence-electron chi connectivity index (χ0n) is 16.1. The minimum atomic E-state index is -4.02. The molecule has 3 N–H and O–H groups in total. The average Bonchev–Trinajstić information content (AvgIpc) is 2.73. The van der Waals surface area contributed by atoms with Gasteiger partial charge in [0.2, 0.25) is 5.91 Å². The van der Waals surface area contributed by atoms with Gasteiger partial charge in [-0.25, -0.2) is 0 Å². The van der Waals surface area contributed by atoms with Crippen molar-refractivity contribution < 1.29 is 17.9 Å². The van der Waals surface area contributed by atoms with Crippen LogP contribution >= 0.6 is 0 Å². The van der Waals surface area contributed by atoms with Crippen LogP contribution in [0.1, 0.15) is 10.4 Å². The molecule has 2 aromatic carbocycles. The summed E-state index contributed by atoms with van der Waals surface area (Å²) in [6.07, 6.45) is 1.58. The number of primary amides is 1. The van der Waals surface area contributed by atoms with Gasteiger partial charge in [-0.3, -0.25) is 9.52 Å². The van der Waals surface area contributed by atoms with Gasteiger partial charge < -0.3 is 15.4 Å². The third-order valence-electron chi connectivity index (χ3n) is 4.08. The maximum Gasteiger partial charge on any atom is 0.297 e. The summed E-state index contributed by atoms with van der Waals surface area (Å²) >= 11 is 0. The molecule has 30 heavy (non-hydrogen) atoms. The van der Waals surface area contributed by atoms with E-state index in [4.69, 9.17) is 10.5 Å². The molecule has 0 saturated carbocycles. The molecule has 1 heterocycles. The zero-order chi connectivity index (χ0) is 21.6. The maximum atomic E-state index is 12.8. The Bertz CT molecular complexity index is 1080. The number of nitrogens with one attached hydrogen (secondary N) is 1. The number of ether oxygens (including phenoxy) is 1. The van der Waals surface area contributed by atoms with E-state index in [1.807, 2.05) is 30.3 Å². The van der Waals surface area contributed by atoms with Gasteiger partial charge >= 0.3 is 0 Å². The van der Waals surface area contributed by atoms with Crippen LogP contribution in [0.4, 0.5) is 5.69 Å². The Labute approximate surface area is 174 Å². The fourth-order valence-electron chi connectivity index (χ4n) is 2.68. The molecule has 1 amide bonds. The standard InChI is InChI=1S/C20H21N5O4S/c1-2-12-25-13-17(14-29-18-6-4-3-5-7-18)22-23-20(25)30(27,28)24-16-10-8-15(9-11-16)19(21)26/h2-11,24H,1,12-14H2,(H2,21,26). The van der Waals surface area contributed by atoms with Crippen molar-refractivity contribution in [3.8, 4) is 5.75 Å². The van der Waals surface area contributed by atoms with Gasteiger partial charge in [0.15, 0.2) is 0 Å². The quantitative estimate of drug-likeness (QED) is 0.622. The zero-order valence-corrected chi connectivity index (χ0v) is 16.9. The Kier molecular flexibility index (Phi) is 6.48. The molecular weight excluding hydrogens is 406 g/mol. The van der Waals surface area contributed by atoms with Gasteiger partial charge in [0.05, 0.1) is 12.3 Å². The second-order valence-electron chi connectivity index (χ2n) is 6.37. The van der Waals surface area contributed by atoms with E-state index in [0.29, 0.717) is 11.5 Å². The number of amides is 1. The molecule has 0 saturated heterocycles. The van der Waals surface area contributed by atoms with Crippen LogP contribution in [0, 0.1) is 0 Å². The van der Waals surface area contributed by atoms with Gasteiger partial charge in [0, 0.05) is 17.8 Å². The van der Waals surface area contributed by atoms with Crippen molar-refractivity contribution in [1.29, 1.82) is 0 Å². The van der Waals surface area contributed by atoms with Gasteiger partial charge in [-0.1, -0.05) is 24.3 Å². The molecule has 156 valence electrons. The van der Waals surface area contributed by atoms with Crippen molar-refractivity contribution >= 4 is 32.5 Å². The van der Waals surface area contributed by atoms with E-state index in [1.54, 1.807) is 6.08 Å². The first-order valence-corrected chi connectivity index (χ1v) is 10.5. The molecule has 0 unspecified atom stereocenters. The van der Waals surface area contributed by atoms with E-state index >= 15 is 0 Å². The van der Waals surface area contributed by atoms with Crippen LogP contribution in [0.3, 0.4) is 0 Å². The van der Waals surface area contributed by atoms with Crippen LogP contribution in [0.15, 0.2) is 77.5 Å². The van der Waals surface area contributed by atoms with E-state index in [0.717, 1.165) is 0 Å². The summed E-state index contributed by atoms with van der Waals surface area (Å²) < 4.78 is 33.8. The van der Waals surface area contributed by atoms with Crippen molar-refractivity contribution in [3.05, 3.63) is 72.8 Å². The summed E-state index contributed by atoms with van der Waals surface area (Å²) in [5.41, 5.74) is 6.31. The molecule has 0 radical (unpaired) electrons. The lowest BCUT2D eigenvalue weighted by molar-refractivity contribution is 0.100. The molecule has 1 aliphatic rings. The van der Waals surface area contributed by atoms with E-state index in [9.17, 15) is 13.2 Å². The molecule has 1 aliphatic heterocycles. The Morgan fingerprint density at radius 2 is 1.87 bits per heavy atom. The minimum absolute atomic E-state index is 0.177. The number of carbonyl (C=O) groups excluding carboxylic acids is 1. The topological polar surface area (TPSA) is 126 Å². The minimum Gasteiger partial charge on any atom is -0.488 e. The number of nitrogens with two attached hydrogens (primary N) is 1. The summed E-state index contributed by atoms with van der Waals surface area (Å²) in [5.74, 6) is 0.0803. The van der Waals surface area contributed by atoms with Crippen LogP contribution in [-0.4, -0.2) is 49.8 Å². The van der Waals surface area contributed by atoms with Crippen molar-refractivity contribution in [3.63, 3.8) is 0 Å². The fourth-order valence-corrected chi connectivity index (χ4v) is 3.84. The number of hydrogen-bond acceptors (Lipinski definition) is 7. The molecule has 0 aromatic heterocycles. The largest absolute Gasteiger partial charge is 0.488 e. The average molecular weight is 427 g/mol. The van der Waals surface area contributed by atoms with Crippen molar-refractivity contribution in [2.24, 2.45) is 15.9 Å². The van der Waals surface area contributed by atoms with Gasteiger partial charge in [-0.15, -0.1) is 11.7 Å². The second-order valence-corrected chi connectivity index (χ2v) is 7.94. The first-order chi connectivity index (χ1) is 14.4. The summed E-state index contributed by atoms with van der Waals surface area (Å²) in [7, 11) is -4.02. The molecule has 0 fully saturated rings. The normalized spacial score (nSPS) is 13.8. The highest BCUT2D eigenvalue weighted by atomic mass is 32.2. The van der Waals surface area contributed by atoms with Gasteiger partial charge in [-0.2, -0.15) is 13.5 Å². The van der Waals surface area contributed by atoms with E-state index in [2.05, 4.69) is 21.5 Å². The summed E-state index contributed by atoms with van der Waals surface area (Å²) in [6, 6.07) is 15.0. The monoisotopic (exact) mass is 427 g/mol. The number of hydrogen-bond donors (Lipinski definition) is 2. The number of sulfonamides is 1. The van der Waals surface area contributed by atoms with Gasteiger partial charge in [-0.05, 0) is 36.4 Å². The third-order valence-corrected chi connectivity index (χ3v) is 5.41. The third kappa shape index (κ3) is 5.23. The van der Waals surface area contributed by atoms with Crippen molar-refractivity contribution in [2.75, 3.05) is 24.4 Å². The van der Waals surface area contributed by atoms with Crippen LogP contribution < -0.4 is 15.2 Å². The highest BCUT2D eigenvalue weighted by molar-refractivity contribution is 8.07. The van der Waals surface area contributed by atoms with Gasteiger partial charge in [0.1, 0.15) is 12.4 Å². The maximum absolute atomic E-state index is 12.8. The van der Waals surface area contributed by atoms with E-state index in [-0.39, 0.29) is 36.1 Å². The Morgan fingerprint density at radius 3 is 2.50 bits per heavy atom. The molecular formula is C20H21N5O4S. The predicted octanol–water partition coefficient (Wildman–Crippen LogP) is 1.82. The number of rotatable bonds is 8. The van der Waals surface area contributed by atoms with Crippen LogP contribution in [0.5, 0.6) is 5.75 Å². The number of benzene rings is 2. The number of amidine groups is 1. The summed E-state index contributed by atoms with van der Waals surface area (Å²) in [4.78, 5) is 12.7. The summed E-state index contributed by atoms with van der Waals surface area (Å²) in [6.45, 7) is 4.33. The lowest BCUT2D eigenvalue weighted by Crippen LogP contribution is -2.45. The van der Waals surface area contributed by atoms with Crippen LogP contribution in [0.2, 0.25) is 0 Å². The van der Waals surface area contributed by atoms with Crippen LogP contribution in [0.25, 0.3) is 0 Å². The molecule has 9 nitrogen and oxygen atoms in total. The lowest BCUT2D eigenvalue weighted by atomic mass is 10.2. The molecule has 10 heteroatoms. The number of nitrogens with zero attached hydrogens (tertiary/aromatic N) is 3. The first kappa shape index (κ1) is 21.1. The molecule has 0 aliphatic carbocycles. The second kappa shape index (κ2) is 9.23. The molecule has 0 atom stereocenters. The Balaban J connectivity index is 1.76. The predicted molar refractivity (Wildman–Crippen MR) is 116 cm³/mol. The smallest absolute Gasteiger partial charge is 0.297 e. The highest BCUT2D eigenvalue weighted by Gasteiger charge is 2.29. The van der Waals surface area contributed by atoms with E-state index in [1.165, 1.54) is 29.2 Å². The molecule has 3 rings (SSSR count). The lowest BCUT2D eigenvalue weighted by Gasteiger charge is -2.27. The molecule has 0 spiro atoms. The number of anilines is 1. The fraction of sp³-hybridized carbons (Fsp3) is 0.150. The Hall–Kier alpha value is -3.66. The Morgan fingerprint density at radius 1 is 1.17 bits per heavy atom. The summed E-state index contributed by atoms with van der Waals surface area (Å²) in [5, 5.41) is 7.71.